The van der Waals surface area contributed by atoms with Crippen molar-refractivity contribution in [3.05, 3.63) is 18.2 Å². The van der Waals surface area contributed by atoms with Crippen molar-refractivity contribution in [1.29, 1.82) is 0 Å². The Labute approximate surface area is 73.6 Å². The molecule has 1 aromatic rings. The second kappa shape index (κ2) is 4.26. The van der Waals surface area contributed by atoms with Gasteiger partial charge in [0.05, 0.1) is 6.33 Å². The molecule has 1 atom stereocenters. The lowest BCUT2D eigenvalue weighted by atomic mass is 10.1. The highest BCUT2D eigenvalue weighted by Crippen LogP contribution is 2.03. The fourth-order valence-electron chi connectivity index (χ4n) is 1.22. The summed E-state index contributed by atoms with van der Waals surface area (Å²) in [4.78, 5) is 4.09. The maximum absolute atomic E-state index is 5.67. The van der Waals surface area contributed by atoms with Gasteiger partial charge in [0.25, 0.3) is 0 Å². The van der Waals surface area contributed by atoms with Gasteiger partial charge in [-0.25, -0.2) is 4.98 Å². The van der Waals surface area contributed by atoms with Crippen LogP contribution < -0.4 is 5.73 Å². The Bertz CT molecular complexity index is 227. The van der Waals surface area contributed by atoms with E-state index in [1.165, 1.54) is 5.69 Å². The van der Waals surface area contributed by atoms with Crippen LogP contribution in [0.2, 0.25) is 0 Å². The van der Waals surface area contributed by atoms with Gasteiger partial charge in [-0.05, 0) is 26.7 Å². The molecule has 0 saturated carbocycles. The Morgan fingerprint density at radius 1 is 1.67 bits per heavy atom. The average Bonchev–Trinajstić information content (AvgIpc) is 2.47. The molecule has 0 amide bonds. The Morgan fingerprint density at radius 3 is 3.00 bits per heavy atom. The van der Waals surface area contributed by atoms with Crippen molar-refractivity contribution < 1.29 is 0 Å². The zero-order valence-corrected chi connectivity index (χ0v) is 7.83. The van der Waals surface area contributed by atoms with E-state index in [1.807, 2.05) is 19.4 Å². The Morgan fingerprint density at radius 2 is 2.42 bits per heavy atom. The normalized spacial score (nSPS) is 13.2. The summed E-state index contributed by atoms with van der Waals surface area (Å²) in [7, 11) is 0. The van der Waals surface area contributed by atoms with Gasteiger partial charge >= 0.3 is 0 Å². The lowest BCUT2D eigenvalue weighted by Crippen LogP contribution is -2.16. The molecule has 68 valence electrons. The standard InChI is InChI=1S/C9H17N3/c1-3-12-7-11-6-9(12)5-4-8(2)10/h6-8H,3-5,10H2,1-2H3/t8-/m0/s1. The summed E-state index contributed by atoms with van der Waals surface area (Å²) >= 11 is 0. The van der Waals surface area contributed by atoms with E-state index in [0.29, 0.717) is 0 Å². The lowest BCUT2D eigenvalue weighted by Gasteiger charge is -2.06. The van der Waals surface area contributed by atoms with Gasteiger partial charge in [-0.1, -0.05) is 0 Å². The number of rotatable bonds is 4. The first-order valence-electron chi connectivity index (χ1n) is 4.48. The monoisotopic (exact) mass is 167 g/mol. The molecule has 0 unspecified atom stereocenters. The Balaban J connectivity index is 2.50. The minimum atomic E-state index is 0.283. The summed E-state index contributed by atoms with van der Waals surface area (Å²) in [6.45, 7) is 5.15. The number of hydrogen-bond donors (Lipinski definition) is 1. The molecule has 0 aliphatic heterocycles. The smallest absolute Gasteiger partial charge is 0.0948 e. The summed E-state index contributed by atoms with van der Waals surface area (Å²) in [5.74, 6) is 0. The van der Waals surface area contributed by atoms with E-state index in [0.717, 1.165) is 19.4 Å². The minimum absolute atomic E-state index is 0.283. The molecule has 1 heterocycles. The zero-order valence-electron chi connectivity index (χ0n) is 7.83. The van der Waals surface area contributed by atoms with Gasteiger partial charge in [0.15, 0.2) is 0 Å². The molecule has 2 N–H and O–H groups in total. The molecule has 0 saturated heterocycles. The fourth-order valence-corrected chi connectivity index (χ4v) is 1.22. The molecule has 0 bridgehead atoms. The first-order valence-corrected chi connectivity index (χ1v) is 4.48. The predicted molar refractivity (Wildman–Crippen MR) is 49.9 cm³/mol. The fraction of sp³-hybridized carbons (Fsp3) is 0.667. The first kappa shape index (κ1) is 9.26. The number of aromatic nitrogens is 2. The van der Waals surface area contributed by atoms with E-state index in [2.05, 4.69) is 16.5 Å². The van der Waals surface area contributed by atoms with E-state index >= 15 is 0 Å². The summed E-state index contributed by atoms with van der Waals surface area (Å²) in [5.41, 5.74) is 6.96. The molecule has 0 aliphatic carbocycles. The highest BCUT2D eigenvalue weighted by Gasteiger charge is 2.01. The topological polar surface area (TPSA) is 43.8 Å². The SMILES string of the molecule is CCn1cncc1CC[C@H](C)N. The molecule has 1 rings (SSSR count). The van der Waals surface area contributed by atoms with Crippen LogP contribution in [0, 0.1) is 0 Å². The predicted octanol–water partition coefficient (Wildman–Crippen LogP) is 1.18. The van der Waals surface area contributed by atoms with Gasteiger partial charge < -0.3 is 10.3 Å². The summed E-state index contributed by atoms with van der Waals surface area (Å²) < 4.78 is 2.16. The number of hydrogen-bond acceptors (Lipinski definition) is 2. The van der Waals surface area contributed by atoms with Crippen LogP contribution >= 0.6 is 0 Å². The molecular weight excluding hydrogens is 150 g/mol. The number of nitrogens with two attached hydrogens (primary N) is 1. The molecule has 0 aliphatic rings. The molecule has 3 nitrogen and oxygen atoms in total. The van der Waals surface area contributed by atoms with Crippen LogP contribution in [-0.2, 0) is 13.0 Å². The van der Waals surface area contributed by atoms with Crippen molar-refractivity contribution in [1.82, 2.24) is 9.55 Å². The van der Waals surface area contributed by atoms with Crippen LogP contribution in [0.15, 0.2) is 12.5 Å². The van der Waals surface area contributed by atoms with Crippen LogP contribution in [0.5, 0.6) is 0 Å². The van der Waals surface area contributed by atoms with E-state index in [9.17, 15) is 0 Å². The van der Waals surface area contributed by atoms with Gasteiger partial charge in [0, 0.05) is 24.5 Å². The highest BCUT2D eigenvalue weighted by atomic mass is 15.0. The molecule has 0 spiro atoms. The third-order valence-corrected chi connectivity index (χ3v) is 2.00. The molecule has 3 heteroatoms. The zero-order chi connectivity index (χ0) is 8.97. The van der Waals surface area contributed by atoms with Gasteiger partial charge in [-0.3, -0.25) is 0 Å². The first-order chi connectivity index (χ1) is 5.74. The Kier molecular flexibility index (Phi) is 3.29. The summed E-state index contributed by atoms with van der Waals surface area (Å²) in [5, 5.41) is 0. The second-order valence-corrected chi connectivity index (χ2v) is 3.19. The lowest BCUT2D eigenvalue weighted by molar-refractivity contribution is 0.626. The van der Waals surface area contributed by atoms with E-state index < -0.39 is 0 Å². The number of nitrogens with zero attached hydrogens (tertiary/aromatic N) is 2. The number of imidazole rings is 1. The summed E-state index contributed by atoms with van der Waals surface area (Å²) in [6, 6.07) is 0.283. The molecule has 12 heavy (non-hydrogen) atoms. The van der Waals surface area contributed by atoms with Crippen molar-refractivity contribution in [2.24, 2.45) is 5.73 Å². The Hall–Kier alpha value is -0.830. The third-order valence-electron chi connectivity index (χ3n) is 2.00. The van der Waals surface area contributed by atoms with Crippen LogP contribution in [0.25, 0.3) is 0 Å². The molecule has 0 radical (unpaired) electrons. The van der Waals surface area contributed by atoms with Crippen molar-refractivity contribution in [3.8, 4) is 0 Å². The van der Waals surface area contributed by atoms with Gasteiger partial charge in [0.1, 0.15) is 0 Å². The van der Waals surface area contributed by atoms with Crippen LogP contribution in [0.3, 0.4) is 0 Å². The van der Waals surface area contributed by atoms with Gasteiger partial charge in [-0.15, -0.1) is 0 Å². The number of aryl methyl sites for hydroxylation is 2. The van der Waals surface area contributed by atoms with E-state index in [4.69, 9.17) is 5.73 Å². The van der Waals surface area contributed by atoms with Crippen LogP contribution in [-0.4, -0.2) is 15.6 Å². The third kappa shape index (κ3) is 2.34. The highest BCUT2D eigenvalue weighted by molar-refractivity contribution is 4.98. The largest absolute Gasteiger partial charge is 0.335 e. The maximum atomic E-state index is 5.67. The summed E-state index contributed by atoms with van der Waals surface area (Å²) in [6.07, 6.45) is 5.86. The van der Waals surface area contributed by atoms with Gasteiger partial charge in [0.2, 0.25) is 0 Å². The molecule has 1 aromatic heterocycles. The van der Waals surface area contributed by atoms with Crippen LogP contribution in [0.1, 0.15) is 26.0 Å². The maximum Gasteiger partial charge on any atom is 0.0948 e. The minimum Gasteiger partial charge on any atom is -0.335 e. The van der Waals surface area contributed by atoms with E-state index in [1.54, 1.807) is 0 Å². The van der Waals surface area contributed by atoms with E-state index in [-0.39, 0.29) is 6.04 Å². The molecular formula is C9H17N3. The van der Waals surface area contributed by atoms with Crippen molar-refractivity contribution in [3.63, 3.8) is 0 Å². The molecule has 0 aromatic carbocycles. The molecule has 0 fully saturated rings. The van der Waals surface area contributed by atoms with Crippen molar-refractivity contribution in [2.75, 3.05) is 0 Å². The second-order valence-electron chi connectivity index (χ2n) is 3.19. The van der Waals surface area contributed by atoms with Gasteiger partial charge in [-0.2, -0.15) is 0 Å². The van der Waals surface area contributed by atoms with Crippen molar-refractivity contribution in [2.45, 2.75) is 39.3 Å². The average molecular weight is 167 g/mol. The van der Waals surface area contributed by atoms with Crippen LogP contribution in [0.4, 0.5) is 0 Å². The van der Waals surface area contributed by atoms with Crippen molar-refractivity contribution >= 4 is 0 Å². The quantitative estimate of drug-likeness (QED) is 0.732.